The number of amides is 1. The van der Waals surface area contributed by atoms with Crippen molar-refractivity contribution in [3.8, 4) is 0 Å². The maximum atomic E-state index is 12.5. The second-order valence-electron chi connectivity index (χ2n) is 5.96. The molecule has 1 aliphatic heterocycles. The van der Waals surface area contributed by atoms with Crippen molar-refractivity contribution in [2.45, 2.75) is 11.8 Å². The number of aromatic nitrogens is 1. The maximum absolute atomic E-state index is 12.5. The van der Waals surface area contributed by atoms with Gasteiger partial charge in [-0.15, -0.1) is 16.2 Å². The number of carboxylic acids is 1. The van der Waals surface area contributed by atoms with E-state index in [2.05, 4.69) is 10.4 Å². The lowest BCUT2D eigenvalue weighted by atomic mass is 10.1. The molecule has 0 atom stereocenters. The summed E-state index contributed by atoms with van der Waals surface area (Å²) in [4.78, 5) is 31.3. The van der Waals surface area contributed by atoms with Crippen molar-refractivity contribution in [3.63, 3.8) is 0 Å². The van der Waals surface area contributed by atoms with Crippen LogP contribution < -0.4 is 15.2 Å². The first-order valence-corrected chi connectivity index (χ1v) is 10.6. The van der Waals surface area contributed by atoms with Crippen molar-refractivity contribution >= 4 is 38.4 Å². The lowest BCUT2D eigenvalue weighted by Gasteiger charge is -2.25. The number of carbonyl (C=O) groups excluding carboxylic acids is 1. The molecule has 0 bridgehead atoms. The Labute approximate surface area is 165 Å². The number of morpholine rings is 1. The Morgan fingerprint density at radius 2 is 2.00 bits per heavy atom. The monoisotopic (exact) mass is 426 g/mol. The van der Waals surface area contributed by atoms with Gasteiger partial charge in [-0.1, -0.05) is 6.07 Å². The number of carbonyl (C=O) groups is 2. The van der Waals surface area contributed by atoms with E-state index in [9.17, 15) is 18.0 Å². The molecule has 2 aromatic rings. The Kier molecular flexibility index (Phi) is 5.93. The molecule has 0 unspecified atom stereocenters. The standard InChI is InChI=1S/C16H18N4O6S2/c1-10-2-3-11(15(22)23)8-13(10)28(24,25)19-18-14(21)12-9-27-16(17-12)20-4-6-26-7-5-20/h2-3,8-9,19H,4-7H2,1H3,(H,18,21)(H,22,23). The number of aryl methyl sites for hydroxylation is 1. The molecule has 3 rings (SSSR count). The molecule has 3 N–H and O–H groups in total. The lowest BCUT2D eigenvalue weighted by Crippen LogP contribution is -2.42. The molecule has 1 aromatic heterocycles. The number of hydrogen-bond donors (Lipinski definition) is 3. The highest BCUT2D eigenvalue weighted by Gasteiger charge is 2.22. The molecule has 12 heteroatoms. The van der Waals surface area contributed by atoms with Crippen LogP contribution in [0, 0.1) is 6.92 Å². The van der Waals surface area contributed by atoms with Gasteiger partial charge < -0.3 is 14.7 Å². The van der Waals surface area contributed by atoms with Crippen LogP contribution in [0.4, 0.5) is 5.13 Å². The molecule has 0 spiro atoms. The van der Waals surface area contributed by atoms with Gasteiger partial charge in [0, 0.05) is 18.5 Å². The highest BCUT2D eigenvalue weighted by atomic mass is 32.2. The summed E-state index contributed by atoms with van der Waals surface area (Å²) >= 11 is 1.28. The lowest BCUT2D eigenvalue weighted by molar-refractivity contribution is 0.0696. The molecule has 1 aromatic carbocycles. The van der Waals surface area contributed by atoms with E-state index < -0.39 is 21.9 Å². The van der Waals surface area contributed by atoms with E-state index in [1.807, 2.05) is 9.73 Å². The summed E-state index contributed by atoms with van der Waals surface area (Å²) in [7, 11) is -4.16. The van der Waals surface area contributed by atoms with E-state index in [0.717, 1.165) is 6.07 Å². The van der Waals surface area contributed by atoms with Gasteiger partial charge in [0.1, 0.15) is 5.69 Å². The van der Waals surface area contributed by atoms with E-state index in [4.69, 9.17) is 9.84 Å². The fraction of sp³-hybridized carbons (Fsp3) is 0.312. The number of sulfonamides is 1. The van der Waals surface area contributed by atoms with E-state index in [-0.39, 0.29) is 16.2 Å². The van der Waals surface area contributed by atoms with Gasteiger partial charge in [0.2, 0.25) is 0 Å². The normalized spacial score (nSPS) is 14.7. The third kappa shape index (κ3) is 4.47. The number of nitrogens with zero attached hydrogens (tertiary/aromatic N) is 2. The predicted molar refractivity (Wildman–Crippen MR) is 101 cm³/mol. The summed E-state index contributed by atoms with van der Waals surface area (Å²) in [6, 6.07) is 3.72. The Balaban J connectivity index is 1.69. The van der Waals surface area contributed by atoms with Gasteiger partial charge in [-0.3, -0.25) is 10.2 Å². The van der Waals surface area contributed by atoms with Gasteiger partial charge >= 0.3 is 5.97 Å². The van der Waals surface area contributed by atoms with Crippen LogP contribution in [0.25, 0.3) is 0 Å². The fourth-order valence-corrected chi connectivity index (χ4v) is 4.49. The summed E-state index contributed by atoms with van der Waals surface area (Å²) < 4.78 is 30.2. The molecule has 1 aliphatic rings. The summed E-state index contributed by atoms with van der Waals surface area (Å²) in [5, 5.41) is 11.2. The van der Waals surface area contributed by atoms with E-state index in [0.29, 0.717) is 37.0 Å². The number of benzene rings is 1. The average molecular weight is 426 g/mol. The highest BCUT2D eigenvalue weighted by Crippen LogP contribution is 2.21. The molecule has 0 radical (unpaired) electrons. The van der Waals surface area contributed by atoms with E-state index in [1.165, 1.54) is 35.8 Å². The van der Waals surface area contributed by atoms with Crippen LogP contribution >= 0.6 is 11.3 Å². The van der Waals surface area contributed by atoms with E-state index in [1.54, 1.807) is 0 Å². The first-order chi connectivity index (χ1) is 13.3. The Morgan fingerprint density at radius 3 is 2.68 bits per heavy atom. The number of carboxylic acid groups (broad SMARTS) is 1. The number of aromatic carboxylic acids is 1. The molecule has 1 amide bonds. The van der Waals surface area contributed by atoms with Gasteiger partial charge in [0.15, 0.2) is 5.13 Å². The van der Waals surface area contributed by atoms with Crippen molar-refractivity contribution in [3.05, 3.63) is 40.4 Å². The van der Waals surface area contributed by atoms with Crippen molar-refractivity contribution in [2.24, 2.45) is 0 Å². The van der Waals surface area contributed by atoms with Crippen LogP contribution in [0.1, 0.15) is 26.4 Å². The molecule has 2 heterocycles. The minimum absolute atomic E-state index is 0.0743. The summed E-state index contributed by atoms with van der Waals surface area (Å²) in [6.45, 7) is 4.02. The number of hydrogen-bond acceptors (Lipinski definition) is 8. The third-order valence-electron chi connectivity index (χ3n) is 4.03. The second kappa shape index (κ2) is 8.22. The largest absolute Gasteiger partial charge is 0.478 e. The second-order valence-corrected chi connectivity index (χ2v) is 8.45. The van der Waals surface area contributed by atoms with Crippen molar-refractivity contribution in [2.75, 3.05) is 31.2 Å². The third-order valence-corrected chi connectivity index (χ3v) is 6.32. The van der Waals surface area contributed by atoms with Gasteiger partial charge in [-0.25, -0.2) is 18.2 Å². The van der Waals surface area contributed by atoms with Gasteiger partial charge in [0.05, 0.1) is 23.7 Å². The molecular formula is C16H18N4O6S2. The van der Waals surface area contributed by atoms with Crippen molar-refractivity contribution < 1.29 is 27.9 Å². The summed E-state index contributed by atoms with van der Waals surface area (Å²) in [5.41, 5.74) is 2.35. The van der Waals surface area contributed by atoms with Crippen LogP contribution in [0.3, 0.4) is 0 Å². The van der Waals surface area contributed by atoms with Crippen molar-refractivity contribution in [1.29, 1.82) is 0 Å². The van der Waals surface area contributed by atoms with Crippen LogP contribution in [0.5, 0.6) is 0 Å². The quantitative estimate of drug-likeness (QED) is 0.571. The first kappa shape index (κ1) is 20.2. The Morgan fingerprint density at radius 1 is 1.29 bits per heavy atom. The predicted octanol–water partition coefficient (Wildman–Crippen LogP) is 0.610. The summed E-state index contributed by atoms with van der Waals surface area (Å²) in [5.74, 6) is -1.97. The number of rotatable bonds is 6. The van der Waals surface area contributed by atoms with Crippen molar-refractivity contribution in [1.82, 2.24) is 15.2 Å². The molecule has 1 saturated heterocycles. The number of hydrazine groups is 1. The summed E-state index contributed by atoms with van der Waals surface area (Å²) in [6.07, 6.45) is 0. The molecule has 10 nitrogen and oxygen atoms in total. The SMILES string of the molecule is Cc1ccc(C(=O)O)cc1S(=O)(=O)NNC(=O)c1csc(N2CCOCC2)n1. The van der Waals surface area contributed by atoms with Gasteiger partial charge in [-0.2, -0.15) is 0 Å². The molecule has 0 saturated carbocycles. The minimum atomic E-state index is -4.16. The first-order valence-electron chi connectivity index (χ1n) is 8.22. The van der Waals surface area contributed by atoms with Crippen LogP contribution in [-0.4, -0.2) is 56.7 Å². The minimum Gasteiger partial charge on any atom is -0.478 e. The topological polar surface area (TPSA) is 138 Å². The van der Waals surface area contributed by atoms with Crippen LogP contribution in [-0.2, 0) is 14.8 Å². The van der Waals surface area contributed by atoms with Gasteiger partial charge in [0.25, 0.3) is 15.9 Å². The number of ether oxygens (including phenoxy) is 1. The molecule has 150 valence electrons. The molecule has 28 heavy (non-hydrogen) atoms. The van der Waals surface area contributed by atoms with Crippen LogP contribution in [0.15, 0.2) is 28.5 Å². The number of nitrogens with one attached hydrogen (secondary N) is 2. The zero-order valence-electron chi connectivity index (χ0n) is 14.8. The van der Waals surface area contributed by atoms with Gasteiger partial charge in [-0.05, 0) is 24.6 Å². The molecule has 0 aliphatic carbocycles. The highest BCUT2D eigenvalue weighted by molar-refractivity contribution is 7.89. The zero-order chi connectivity index (χ0) is 20.3. The smallest absolute Gasteiger partial charge is 0.335 e. The zero-order valence-corrected chi connectivity index (χ0v) is 16.5. The fourth-order valence-electron chi connectivity index (χ4n) is 2.52. The Hall–Kier alpha value is -2.54. The Bertz CT molecular complexity index is 998. The molecular weight excluding hydrogens is 408 g/mol. The number of anilines is 1. The number of thiazole rings is 1. The maximum Gasteiger partial charge on any atom is 0.335 e. The molecule has 1 fully saturated rings. The van der Waals surface area contributed by atoms with E-state index >= 15 is 0 Å². The van der Waals surface area contributed by atoms with Crippen LogP contribution in [0.2, 0.25) is 0 Å². The average Bonchev–Trinajstić information content (AvgIpc) is 3.17.